The molecule has 3 fully saturated rings. The number of cyclic esters (lactones) is 1. The first-order chi connectivity index (χ1) is 33.5. The molecule has 0 spiro atoms. The second-order valence-corrected chi connectivity index (χ2v) is 22.6. The second kappa shape index (κ2) is 27.7. The van der Waals surface area contributed by atoms with E-state index in [1.54, 1.807) is 72.1 Å². The number of amides is 1. The highest BCUT2D eigenvalue weighted by atomic mass is 32.2. The van der Waals surface area contributed by atoms with Crippen molar-refractivity contribution in [3.63, 3.8) is 0 Å². The van der Waals surface area contributed by atoms with E-state index in [1.165, 1.54) is 21.1 Å². The Labute approximate surface area is 422 Å². The van der Waals surface area contributed by atoms with Gasteiger partial charge in [0.05, 0.1) is 30.2 Å². The van der Waals surface area contributed by atoms with Gasteiger partial charge in [-0.25, -0.2) is 17.9 Å². The van der Waals surface area contributed by atoms with Crippen LogP contribution in [0.1, 0.15) is 132 Å². The topological polar surface area (TPSA) is 242 Å². The van der Waals surface area contributed by atoms with Gasteiger partial charge in [-0.05, 0) is 115 Å². The Morgan fingerprint density at radius 1 is 0.901 bits per heavy atom. The molecule has 402 valence electrons. The van der Waals surface area contributed by atoms with E-state index in [4.69, 9.17) is 23.7 Å². The van der Waals surface area contributed by atoms with Gasteiger partial charge in [0.15, 0.2) is 5.78 Å². The molecule has 6 unspecified atom stereocenters. The van der Waals surface area contributed by atoms with E-state index >= 15 is 0 Å². The Morgan fingerprint density at radius 2 is 1.61 bits per heavy atom. The molecule has 14 atom stereocenters. The number of ether oxygens (including phenoxy) is 5. The quantitative estimate of drug-likeness (QED) is 0.111. The molecule has 0 aromatic carbocycles. The lowest BCUT2D eigenvalue weighted by Gasteiger charge is -2.42. The van der Waals surface area contributed by atoms with Crippen molar-refractivity contribution in [1.29, 1.82) is 0 Å². The number of likely N-dealkylation sites (N-methyl/N-ethyl adjacent to an activating group) is 1. The van der Waals surface area contributed by atoms with E-state index in [9.17, 15) is 47.7 Å². The summed E-state index contributed by atoms with van der Waals surface area (Å²) >= 11 is 0. The largest absolute Gasteiger partial charge is 0.460 e. The fraction of sp³-hybridized carbons (Fsp3) is 0.755. The summed E-state index contributed by atoms with van der Waals surface area (Å²) in [7, 11) is 0.352. The molecule has 18 heteroatoms. The Bertz CT molecular complexity index is 2050. The van der Waals surface area contributed by atoms with Crippen LogP contribution in [0.15, 0.2) is 47.6 Å². The van der Waals surface area contributed by atoms with Crippen LogP contribution < -0.4 is 4.72 Å². The SMILES string of the molecule is COC1C(=O)C(C)CC\C=C/C=C\C=C(\C)[C@H](NS(=O)(=O)CCCO)C[C@H]2CC[C@H](C)[C@](O)(O2)C(=O)C(=O)N(C)C(C)C(=O)OC([C@H](C)C[C@@H]2CC[C@@H](OC3CC3)[C@H](OC)C2)CC(=O)C(C)/C=C(/C)C1O. The number of esters is 1. The van der Waals surface area contributed by atoms with Crippen LogP contribution in [0.4, 0.5) is 0 Å². The highest BCUT2D eigenvalue weighted by molar-refractivity contribution is 7.89. The Kier molecular flexibility index (Phi) is 23.5. The van der Waals surface area contributed by atoms with Gasteiger partial charge in [0, 0.05) is 58.1 Å². The average Bonchev–Trinajstić information content (AvgIpc) is 4.16. The molecule has 0 radical (unpaired) electrons. The number of ketones is 3. The first kappa shape index (κ1) is 60.1. The van der Waals surface area contributed by atoms with E-state index in [0.29, 0.717) is 43.3 Å². The summed E-state index contributed by atoms with van der Waals surface area (Å²) in [6, 6.07) is -2.22. The number of hydrogen-bond acceptors (Lipinski definition) is 15. The summed E-state index contributed by atoms with van der Waals surface area (Å²) in [5, 5.41) is 32.7. The van der Waals surface area contributed by atoms with Crippen molar-refractivity contribution in [2.24, 2.45) is 29.6 Å². The van der Waals surface area contributed by atoms with E-state index in [0.717, 1.165) is 30.6 Å². The molecule has 0 aromatic heterocycles. The Hall–Kier alpha value is -3.46. The van der Waals surface area contributed by atoms with Crippen molar-refractivity contribution in [2.75, 3.05) is 33.6 Å². The zero-order valence-electron chi connectivity index (χ0n) is 43.7. The van der Waals surface area contributed by atoms with Crippen LogP contribution in [0.2, 0.25) is 0 Å². The standard InChI is InChI=1S/C53H84N2O15S/c1-32-17-14-12-11-13-15-18-33(2)47(58)49(67-10)48(59)36(5)27-34(3)43(57)31-45(35(4)28-39-20-24-44(46(29-39)66-9)68-40-22-23-40)69-52(62)38(7)55(8)51(61)50(60)53(63)37(6)19-21-41(70-53)30-42(32)54-71(64,65)26-16-25-56/h11-14,17,27,33-35,37-42,44-46,48-49,54,56,59,63H,15-16,18-26,28-31H2,1-10H3/b13-11-,14-12-,32-17-,36-27-/t33?,34?,35-,37+,38?,39+,41-,42-,44-,45?,46-,48?,49?,53+/m1/s1. The predicted molar refractivity (Wildman–Crippen MR) is 267 cm³/mol. The smallest absolute Gasteiger partial charge is 0.328 e. The molecule has 1 amide bonds. The molecule has 4 aliphatic rings. The van der Waals surface area contributed by atoms with Crippen LogP contribution in [0.5, 0.6) is 0 Å². The maximum atomic E-state index is 14.1. The maximum Gasteiger partial charge on any atom is 0.328 e. The first-order valence-corrected chi connectivity index (χ1v) is 27.3. The molecule has 17 nitrogen and oxygen atoms in total. The van der Waals surface area contributed by atoms with Gasteiger partial charge in [-0.15, -0.1) is 0 Å². The number of aliphatic hydroxyl groups is 3. The summed E-state index contributed by atoms with van der Waals surface area (Å²) in [5.74, 6) is -9.26. The number of fused-ring (bicyclic) bond motifs is 2. The number of methoxy groups -OCH3 is 2. The lowest BCUT2D eigenvalue weighted by atomic mass is 9.78. The first-order valence-electron chi connectivity index (χ1n) is 25.6. The fourth-order valence-corrected chi connectivity index (χ4v) is 11.1. The van der Waals surface area contributed by atoms with Crippen LogP contribution >= 0.6 is 0 Å². The third-order valence-electron chi connectivity index (χ3n) is 15.0. The number of nitrogens with one attached hydrogen (secondary N) is 1. The normalized spacial score (nSPS) is 37.3. The Morgan fingerprint density at radius 3 is 2.25 bits per heavy atom. The summed E-state index contributed by atoms with van der Waals surface area (Å²) in [4.78, 5) is 70.9. The van der Waals surface area contributed by atoms with E-state index in [1.807, 2.05) is 13.0 Å². The monoisotopic (exact) mass is 1020 g/mol. The minimum absolute atomic E-state index is 0.0000188. The Balaban J connectivity index is 1.67. The third-order valence-corrected chi connectivity index (χ3v) is 16.4. The zero-order valence-corrected chi connectivity index (χ0v) is 44.6. The van der Waals surface area contributed by atoms with Crippen LogP contribution in [0.25, 0.3) is 0 Å². The van der Waals surface area contributed by atoms with Gasteiger partial charge < -0.3 is 43.9 Å². The third kappa shape index (κ3) is 17.3. The molecular formula is C53H84N2O15S. The number of aliphatic hydroxyl groups excluding tert-OH is 2. The molecule has 2 heterocycles. The van der Waals surface area contributed by atoms with Gasteiger partial charge in [-0.2, -0.15) is 0 Å². The second-order valence-electron chi connectivity index (χ2n) is 20.7. The van der Waals surface area contributed by atoms with Gasteiger partial charge in [-0.1, -0.05) is 69.7 Å². The molecule has 71 heavy (non-hydrogen) atoms. The number of sulfonamides is 1. The number of nitrogens with zero attached hydrogens (tertiary/aromatic N) is 1. The van der Waals surface area contributed by atoms with Gasteiger partial charge in [0.1, 0.15) is 30.1 Å². The number of carbonyl (C=O) groups is 5. The lowest BCUT2D eigenvalue weighted by molar-refractivity contribution is -0.263. The van der Waals surface area contributed by atoms with Crippen molar-refractivity contribution in [3.05, 3.63) is 47.6 Å². The minimum atomic E-state index is -3.91. The van der Waals surface area contributed by atoms with Crippen molar-refractivity contribution in [2.45, 2.75) is 193 Å². The van der Waals surface area contributed by atoms with E-state index in [-0.39, 0.29) is 79.8 Å². The number of Topliss-reactive ketones (excluding diaryl/α,β-unsaturated/α-hetero) is 3. The van der Waals surface area contributed by atoms with Crippen molar-refractivity contribution in [1.82, 2.24) is 9.62 Å². The highest BCUT2D eigenvalue weighted by Gasteiger charge is 2.52. The predicted octanol–water partition coefficient (Wildman–Crippen LogP) is 5.24. The molecule has 4 rings (SSSR count). The van der Waals surface area contributed by atoms with Crippen LogP contribution in [0, 0.1) is 29.6 Å². The van der Waals surface area contributed by atoms with Gasteiger partial charge in [0.25, 0.3) is 11.7 Å². The molecule has 0 aromatic rings. The number of carbonyl (C=O) groups excluding carboxylic acids is 5. The molecule has 2 aliphatic carbocycles. The number of rotatable bonds is 12. The van der Waals surface area contributed by atoms with Crippen molar-refractivity contribution in [3.8, 4) is 0 Å². The average molecular weight is 1020 g/mol. The molecule has 2 aliphatic heterocycles. The van der Waals surface area contributed by atoms with Crippen molar-refractivity contribution >= 4 is 39.2 Å². The molecule has 2 saturated carbocycles. The van der Waals surface area contributed by atoms with E-state index < -0.39 is 87.7 Å². The molecular weight excluding hydrogens is 937 g/mol. The minimum Gasteiger partial charge on any atom is -0.460 e. The van der Waals surface area contributed by atoms with E-state index in [2.05, 4.69) is 4.72 Å². The number of hydrogen-bond donors (Lipinski definition) is 4. The molecule has 1 saturated heterocycles. The summed E-state index contributed by atoms with van der Waals surface area (Å²) < 4.78 is 58.8. The lowest BCUT2D eigenvalue weighted by Crippen LogP contribution is -2.59. The van der Waals surface area contributed by atoms with Crippen LogP contribution in [-0.2, 0) is 57.7 Å². The maximum absolute atomic E-state index is 14.1. The van der Waals surface area contributed by atoms with Crippen LogP contribution in [-0.4, -0.2) is 152 Å². The van der Waals surface area contributed by atoms with Gasteiger partial charge in [0.2, 0.25) is 15.8 Å². The summed E-state index contributed by atoms with van der Waals surface area (Å²) in [6.07, 6.45) is 12.5. The number of allylic oxidation sites excluding steroid dienone is 6. The van der Waals surface area contributed by atoms with Crippen LogP contribution in [0.3, 0.4) is 0 Å². The summed E-state index contributed by atoms with van der Waals surface area (Å²) in [5.41, 5.74) is 0.934. The summed E-state index contributed by atoms with van der Waals surface area (Å²) in [6.45, 7) is 11.3. The highest BCUT2D eigenvalue weighted by Crippen LogP contribution is 2.39. The van der Waals surface area contributed by atoms with Gasteiger partial charge in [-0.3, -0.25) is 19.2 Å². The van der Waals surface area contributed by atoms with Gasteiger partial charge >= 0.3 is 5.97 Å². The molecule has 4 N–H and O–H groups in total. The fourth-order valence-electron chi connectivity index (χ4n) is 9.75. The van der Waals surface area contributed by atoms with Crippen molar-refractivity contribution < 1.29 is 71.4 Å². The molecule has 2 bridgehead atoms. The zero-order chi connectivity index (χ0) is 52.8.